The first-order chi connectivity index (χ1) is 7.41. The number of primary amides is 1. The minimum Gasteiger partial charge on any atom is -0.389 e. The molecule has 0 aliphatic carbocycles. The molecule has 0 fully saturated rings. The Morgan fingerprint density at radius 2 is 2.12 bits per heavy atom. The standard InChI is InChI=1S/C11H16N2O3/c1-6-3-7(2)10(13-5-6)11(16)8(14)4-9(12)15/h3,5,8,11,14,16H,4H2,1-2H3,(H2,12,15). The predicted octanol–water partition coefficient (Wildman–Crippen LogP) is -0.0319. The molecule has 0 aliphatic rings. The van der Waals surface area contributed by atoms with E-state index >= 15 is 0 Å². The molecule has 0 saturated heterocycles. The van der Waals surface area contributed by atoms with Crippen LogP contribution in [0.2, 0.25) is 0 Å². The number of aryl methyl sites for hydroxylation is 2. The van der Waals surface area contributed by atoms with Gasteiger partial charge in [0.15, 0.2) is 0 Å². The molecule has 0 spiro atoms. The van der Waals surface area contributed by atoms with E-state index < -0.39 is 18.1 Å². The van der Waals surface area contributed by atoms with E-state index in [-0.39, 0.29) is 6.42 Å². The van der Waals surface area contributed by atoms with Crippen molar-refractivity contribution in [1.29, 1.82) is 0 Å². The highest BCUT2D eigenvalue weighted by molar-refractivity contribution is 5.74. The average Bonchev–Trinajstić information content (AvgIpc) is 2.15. The third-order valence-corrected chi connectivity index (χ3v) is 2.31. The van der Waals surface area contributed by atoms with E-state index in [9.17, 15) is 15.0 Å². The van der Waals surface area contributed by atoms with Gasteiger partial charge in [-0.05, 0) is 25.0 Å². The van der Waals surface area contributed by atoms with E-state index in [0.717, 1.165) is 11.1 Å². The lowest BCUT2D eigenvalue weighted by Crippen LogP contribution is -2.26. The lowest BCUT2D eigenvalue weighted by atomic mass is 10.0. The minimum absolute atomic E-state index is 0.282. The number of nitrogens with two attached hydrogens (primary N) is 1. The fraction of sp³-hybridized carbons (Fsp3) is 0.455. The highest BCUT2D eigenvalue weighted by atomic mass is 16.3. The molecule has 5 nitrogen and oxygen atoms in total. The van der Waals surface area contributed by atoms with Crippen molar-refractivity contribution in [2.75, 3.05) is 0 Å². The summed E-state index contributed by atoms with van der Waals surface area (Å²) in [7, 11) is 0. The first-order valence-electron chi connectivity index (χ1n) is 4.99. The Labute approximate surface area is 93.9 Å². The Balaban J connectivity index is 2.87. The molecule has 16 heavy (non-hydrogen) atoms. The monoisotopic (exact) mass is 224 g/mol. The molecule has 4 N–H and O–H groups in total. The number of hydrogen-bond acceptors (Lipinski definition) is 4. The van der Waals surface area contributed by atoms with E-state index in [1.807, 2.05) is 13.0 Å². The van der Waals surface area contributed by atoms with Crippen LogP contribution in [-0.2, 0) is 4.79 Å². The lowest BCUT2D eigenvalue weighted by Gasteiger charge is -2.17. The molecule has 2 unspecified atom stereocenters. The molecule has 1 aromatic heterocycles. The molecule has 2 atom stereocenters. The highest BCUT2D eigenvalue weighted by Crippen LogP contribution is 2.20. The van der Waals surface area contributed by atoms with E-state index in [1.54, 1.807) is 13.1 Å². The van der Waals surface area contributed by atoms with Gasteiger partial charge in [0.2, 0.25) is 5.91 Å². The van der Waals surface area contributed by atoms with Crippen LogP contribution in [0, 0.1) is 13.8 Å². The van der Waals surface area contributed by atoms with Crippen molar-refractivity contribution in [3.8, 4) is 0 Å². The summed E-state index contributed by atoms with van der Waals surface area (Å²) in [6, 6.07) is 1.85. The van der Waals surface area contributed by atoms with Gasteiger partial charge in [0.25, 0.3) is 0 Å². The van der Waals surface area contributed by atoms with Gasteiger partial charge in [0, 0.05) is 6.20 Å². The highest BCUT2D eigenvalue weighted by Gasteiger charge is 2.22. The lowest BCUT2D eigenvalue weighted by molar-refractivity contribution is -0.121. The zero-order valence-electron chi connectivity index (χ0n) is 9.34. The van der Waals surface area contributed by atoms with Crippen molar-refractivity contribution in [3.63, 3.8) is 0 Å². The Kier molecular flexibility index (Phi) is 3.98. The number of rotatable bonds is 4. The van der Waals surface area contributed by atoms with Crippen LogP contribution in [-0.4, -0.2) is 27.2 Å². The van der Waals surface area contributed by atoms with Gasteiger partial charge in [-0.15, -0.1) is 0 Å². The second-order valence-electron chi connectivity index (χ2n) is 3.90. The van der Waals surface area contributed by atoms with E-state index in [1.165, 1.54) is 0 Å². The molecular formula is C11H16N2O3. The smallest absolute Gasteiger partial charge is 0.220 e. The number of amides is 1. The summed E-state index contributed by atoms with van der Waals surface area (Å²) in [5.41, 5.74) is 7.06. The van der Waals surface area contributed by atoms with Crippen molar-refractivity contribution in [2.24, 2.45) is 5.73 Å². The largest absolute Gasteiger partial charge is 0.389 e. The van der Waals surface area contributed by atoms with Gasteiger partial charge >= 0.3 is 0 Å². The molecule has 0 aromatic carbocycles. The average molecular weight is 224 g/mol. The van der Waals surface area contributed by atoms with E-state index in [4.69, 9.17) is 5.73 Å². The number of aromatic nitrogens is 1. The molecule has 0 radical (unpaired) electrons. The number of nitrogens with zero attached hydrogens (tertiary/aromatic N) is 1. The normalized spacial score (nSPS) is 14.5. The SMILES string of the molecule is Cc1cnc(C(O)C(O)CC(N)=O)c(C)c1. The topological polar surface area (TPSA) is 96.4 Å². The predicted molar refractivity (Wildman–Crippen MR) is 58.5 cm³/mol. The summed E-state index contributed by atoms with van der Waals surface area (Å²) in [6.07, 6.45) is -1.09. The van der Waals surface area contributed by atoms with Crippen LogP contribution in [0.4, 0.5) is 0 Å². The van der Waals surface area contributed by atoms with Crippen LogP contribution in [0.5, 0.6) is 0 Å². The maximum atomic E-state index is 10.6. The summed E-state index contributed by atoms with van der Waals surface area (Å²) in [6.45, 7) is 3.67. The number of carbonyl (C=O) groups excluding carboxylic acids is 1. The van der Waals surface area contributed by atoms with Crippen molar-refractivity contribution in [1.82, 2.24) is 4.98 Å². The second-order valence-corrected chi connectivity index (χ2v) is 3.90. The van der Waals surface area contributed by atoms with Crippen molar-refractivity contribution < 1.29 is 15.0 Å². The van der Waals surface area contributed by atoms with Crippen molar-refractivity contribution in [2.45, 2.75) is 32.5 Å². The van der Waals surface area contributed by atoms with Gasteiger partial charge in [0.05, 0.1) is 18.2 Å². The van der Waals surface area contributed by atoms with Crippen LogP contribution < -0.4 is 5.73 Å². The third-order valence-electron chi connectivity index (χ3n) is 2.31. The first kappa shape index (κ1) is 12.6. The Hall–Kier alpha value is -1.46. The van der Waals surface area contributed by atoms with Crippen LogP contribution in [0.25, 0.3) is 0 Å². The molecule has 0 aliphatic heterocycles. The molecular weight excluding hydrogens is 208 g/mol. The second kappa shape index (κ2) is 5.05. The maximum absolute atomic E-state index is 10.6. The Bertz CT molecular complexity index is 393. The number of hydrogen-bond donors (Lipinski definition) is 3. The van der Waals surface area contributed by atoms with Gasteiger partial charge < -0.3 is 15.9 Å². The molecule has 1 aromatic rings. The van der Waals surface area contributed by atoms with Crippen LogP contribution in [0.3, 0.4) is 0 Å². The molecule has 1 rings (SSSR count). The number of aliphatic hydroxyl groups excluding tert-OH is 2. The fourth-order valence-corrected chi connectivity index (χ4v) is 1.54. The summed E-state index contributed by atoms with van der Waals surface area (Å²) < 4.78 is 0. The molecule has 88 valence electrons. The molecule has 0 saturated carbocycles. The fourth-order valence-electron chi connectivity index (χ4n) is 1.54. The zero-order valence-corrected chi connectivity index (χ0v) is 9.34. The van der Waals surface area contributed by atoms with Crippen molar-refractivity contribution in [3.05, 3.63) is 29.1 Å². The summed E-state index contributed by atoms with van der Waals surface area (Å²) >= 11 is 0. The summed E-state index contributed by atoms with van der Waals surface area (Å²) in [5, 5.41) is 19.3. The number of aliphatic hydroxyl groups is 2. The Morgan fingerprint density at radius 3 is 2.62 bits per heavy atom. The zero-order chi connectivity index (χ0) is 12.3. The third kappa shape index (κ3) is 3.01. The molecule has 1 heterocycles. The van der Waals surface area contributed by atoms with Crippen molar-refractivity contribution >= 4 is 5.91 Å². The molecule has 0 bridgehead atoms. The van der Waals surface area contributed by atoms with E-state index in [0.29, 0.717) is 5.69 Å². The summed E-state index contributed by atoms with van der Waals surface area (Å²) in [4.78, 5) is 14.7. The molecule has 5 heteroatoms. The van der Waals surface area contributed by atoms with Gasteiger partial charge in [-0.1, -0.05) is 6.07 Å². The van der Waals surface area contributed by atoms with Gasteiger partial charge in [0.1, 0.15) is 6.10 Å². The van der Waals surface area contributed by atoms with Gasteiger partial charge in [-0.2, -0.15) is 0 Å². The van der Waals surface area contributed by atoms with E-state index in [2.05, 4.69) is 4.98 Å². The summed E-state index contributed by atoms with van der Waals surface area (Å²) in [5.74, 6) is -0.656. The number of carbonyl (C=O) groups is 1. The number of pyridine rings is 1. The minimum atomic E-state index is -1.22. The van der Waals surface area contributed by atoms with Gasteiger partial charge in [-0.3, -0.25) is 9.78 Å². The van der Waals surface area contributed by atoms with Crippen LogP contribution >= 0.6 is 0 Å². The Morgan fingerprint density at radius 1 is 1.50 bits per heavy atom. The van der Waals surface area contributed by atoms with Gasteiger partial charge in [-0.25, -0.2) is 0 Å². The maximum Gasteiger partial charge on any atom is 0.220 e. The quantitative estimate of drug-likeness (QED) is 0.669. The van der Waals surface area contributed by atoms with Crippen LogP contribution in [0.1, 0.15) is 29.3 Å². The first-order valence-corrected chi connectivity index (χ1v) is 4.99. The van der Waals surface area contributed by atoms with Crippen LogP contribution in [0.15, 0.2) is 12.3 Å². The molecule has 1 amide bonds.